The molecule has 0 fully saturated rings. The Labute approximate surface area is 111 Å². The van der Waals surface area contributed by atoms with E-state index < -0.39 is 10.0 Å². The zero-order valence-corrected chi connectivity index (χ0v) is 12.4. The summed E-state index contributed by atoms with van der Waals surface area (Å²) in [5.41, 5.74) is 0.906. The highest BCUT2D eigenvalue weighted by Gasteiger charge is 2.17. The third-order valence-corrected chi connectivity index (χ3v) is 5.16. The third-order valence-electron chi connectivity index (χ3n) is 2.34. The van der Waals surface area contributed by atoms with E-state index in [4.69, 9.17) is 0 Å². The fourth-order valence-electron chi connectivity index (χ4n) is 1.38. The molecule has 0 aromatic heterocycles. The van der Waals surface area contributed by atoms with Gasteiger partial charge in [-0.15, -0.1) is 0 Å². The summed E-state index contributed by atoms with van der Waals surface area (Å²) in [7, 11) is -1.58. The van der Waals surface area contributed by atoms with Crippen LogP contribution in [0.15, 0.2) is 27.6 Å². The molecule has 0 bridgehead atoms. The van der Waals surface area contributed by atoms with Gasteiger partial charge in [-0.3, -0.25) is 0 Å². The van der Waals surface area contributed by atoms with E-state index in [9.17, 15) is 8.42 Å². The van der Waals surface area contributed by atoms with Crippen LogP contribution in [0.4, 0.5) is 0 Å². The van der Waals surface area contributed by atoms with Crippen LogP contribution in [0, 0.1) is 6.92 Å². The van der Waals surface area contributed by atoms with Crippen LogP contribution in [0.25, 0.3) is 0 Å². The summed E-state index contributed by atoms with van der Waals surface area (Å²) in [5, 5.41) is 2.97. The van der Waals surface area contributed by atoms with E-state index in [-0.39, 0.29) is 0 Å². The maximum absolute atomic E-state index is 12.0. The molecule has 4 nitrogen and oxygen atoms in total. The maximum Gasteiger partial charge on any atom is 0.241 e. The van der Waals surface area contributed by atoms with Crippen LogP contribution in [-0.4, -0.2) is 28.6 Å². The monoisotopic (exact) mass is 320 g/mol. The lowest BCUT2D eigenvalue weighted by atomic mass is 10.2. The normalized spacial score (nSPS) is 11.7. The molecule has 1 rings (SSSR count). The topological polar surface area (TPSA) is 58.2 Å². The van der Waals surface area contributed by atoms with Crippen molar-refractivity contribution in [2.24, 2.45) is 0 Å². The summed E-state index contributed by atoms with van der Waals surface area (Å²) < 4.78 is 27.2. The van der Waals surface area contributed by atoms with Crippen LogP contribution in [0.5, 0.6) is 0 Å². The molecule has 0 saturated carbocycles. The van der Waals surface area contributed by atoms with Gasteiger partial charge in [0, 0.05) is 11.0 Å². The molecule has 0 aliphatic carbocycles. The minimum atomic E-state index is -3.42. The third kappa shape index (κ3) is 4.06. The van der Waals surface area contributed by atoms with Crippen LogP contribution in [-0.2, 0) is 10.0 Å². The number of hydrogen-bond donors (Lipinski definition) is 2. The molecule has 2 N–H and O–H groups in total. The van der Waals surface area contributed by atoms with Crippen molar-refractivity contribution in [1.29, 1.82) is 0 Å². The summed E-state index contributed by atoms with van der Waals surface area (Å²) in [6.07, 6.45) is 0.763. The molecule has 6 heteroatoms. The average Bonchev–Trinajstić information content (AvgIpc) is 2.28. The second kappa shape index (κ2) is 6.49. The van der Waals surface area contributed by atoms with Crippen molar-refractivity contribution in [2.75, 3.05) is 20.1 Å². The molecule has 17 heavy (non-hydrogen) atoms. The number of aryl methyl sites for hydroxylation is 1. The number of hydrogen-bond acceptors (Lipinski definition) is 3. The van der Waals surface area contributed by atoms with Gasteiger partial charge >= 0.3 is 0 Å². The molecule has 96 valence electrons. The number of sulfonamides is 1. The van der Waals surface area contributed by atoms with Crippen LogP contribution < -0.4 is 10.0 Å². The van der Waals surface area contributed by atoms with Gasteiger partial charge in [0.05, 0.1) is 4.90 Å². The first kappa shape index (κ1) is 14.6. The Bertz CT molecular complexity index is 474. The van der Waals surface area contributed by atoms with Gasteiger partial charge in [-0.1, -0.05) is 12.1 Å². The molecule has 0 atom stereocenters. The van der Waals surface area contributed by atoms with Crippen molar-refractivity contribution in [3.63, 3.8) is 0 Å². The van der Waals surface area contributed by atoms with Crippen molar-refractivity contribution >= 4 is 26.0 Å². The van der Waals surface area contributed by atoms with E-state index in [1.54, 1.807) is 12.1 Å². The molecule has 0 amide bonds. The molecule has 0 radical (unpaired) electrons. The van der Waals surface area contributed by atoms with Crippen molar-refractivity contribution in [2.45, 2.75) is 18.2 Å². The zero-order chi connectivity index (χ0) is 12.9. The first-order chi connectivity index (χ1) is 7.99. The van der Waals surface area contributed by atoms with Gasteiger partial charge in [0.2, 0.25) is 10.0 Å². The Hall–Kier alpha value is -0.430. The fraction of sp³-hybridized carbons (Fsp3) is 0.455. The average molecular weight is 321 g/mol. The molecule has 0 unspecified atom stereocenters. The van der Waals surface area contributed by atoms with Crippen molar-refractivity contribution in [3.8, 4) is 0 Å². The van der Waals surface area contributed by atoms with Crippen LogP contribution in [0.3, 0.4) is 0 Å². The van der Waals surface area contributed by atoms with Crippen LogP contribution in [0.2, 0.25) is 0 Å². The van der Waals surface area contributed by atoms with Gasteiger partial charge in [-0.2, -0.15) is 0 Å². The summed E-state index contributed by atoms with van der Waals surface area (Å²) in [4.78, 5) is 0.293. The minimum Gasteiger partial charge on any atom is -0.320 e. The fourth-order valence-corrected chi connectivity index (χ4v) is 3.50. The Kier molecular flexibility index (Phi) is 5.58. The molecule has 1 aromatic rings. The second-order valence-corrected chi connectivity index (χ2v) is 6.27. The first-order valence-electron chi connectivity index (χ1n) is 5.38. The Morgan fingerprint density at radius 3 is 2.65 bits per heavy atom. The van der Waals surface area contributed by atoms with Crippen molar-refractivity contribution in [1.82, 2.24) is 10.0 Å². The number of halogens is 1. The molecular weight excluding hydrogens is 304 g/mol. The number of rotatable bonds is 6. The predicted octanol–water partition coefficient (Wildman–Crippen LogP) is 1.65. The zero-order valence-electron chi connectivity index (χ0n) is 9.96. The standard InChI is InChI=1S/C11H17BrN2O2S/c1-9-5-3-6-10(11(9)12)17(15,16)14-8-4-7-13-2/h3,5-6,13-14H,4,7-8H2,1-2H3. The largest absolute Gasteiger partial charge is 0.320 e. The van der Waals surface area contributed by atoms with Crippen molar-refractivity contribution in [3.05, 3.63) is 28.2 Å². The highest BCUT2D eigenvalue weighted by molar-refractivity contribution is 9.10. The highest BCUT2D eigenvalue weighted by atomic mass is 79.9. The molecule has 0 aliphatic heterocycles. The van der Waals surface area contributed by atoms with Crippen LogP contribution >= 0.6 is 15.9 Å². The highest BCUT2D eigenvalue weighted by Crippen LogP contribution is 2.24. The Morgan fingerprint density at radius 1 is 1.29 bits per heavy atom. The van der Waals surface area contributed by atoms with E-state index in [0.717, 1.165) is 18.5 Å². The maximum atomic E-state index is 12.0. The van der Waals surface area contributed by atoms with E-state index in [1.165, 1.54) is 0 Å². The van der Waals surface area contributed by atoms with Gasteiger partial charge in [0.25, 0.3) is 0 Å². The molecular formula is C11H17BrN2O2S. The summed E-state index contributed by atoms with van der Waals surface area (Å²) >= 11 is 3.31. The minimum absolute atomic E-state index is 0.293. The van der Waals surface area contributed by atoms with E-state index in [2.05, 4.69) is 26.0 Å². The predicted molar refractivity (Wildman–Crippen MR) is 72.6 cm³/mol. The first-order valence-corrected chi connectivity index (χ1v) is 7.66. The van der Waals surface area contributed by atoms with E-state index >= 15 is 0 Å². The summed E-state index contributed by atoms with van der Waals surface area (Å²) in [6, 6.07) is 5.20. The molecule has 0 spiro atoms. The molecule has 0 saturated heterocycles. The van der Waals surface area contributed by atoms with Crippen LogP contribution in [0.1, 0.15) is 12.0 Å². The SMILES string of the molecule is CNCCCNS(=O)(=O)c1cccc(C)c1Br. The van der Waals surface area contributed by atoms with Gasteiger partial charge < -0.3 is 5.32 Å². The number of nitrogens with one attached hydrogen (secondary N) is 2. The van der Waals surface area contributed by atoms with E-state index in [0.29, 0.717) is 15.9 Å². The molecule has 0 heterocycles. The molecule has 1 aromatic carbocycles. The summed E-state index contributed by atoms with van der Waals surface area (Å²) in [6.45, 7) is 3.09. The quantitative estimate of drug-likeness (QED) is 0.783. The van der Waals surface area contributed by atoms with Gasteiger partial charge in [0.15, 0.2) is 0 Å². The summed E-state index contributed by atoms with van der Waals surface area (Å²) in [5.74, 6) is 0. The lowest BCUT2D eigenvalue weighted by molar-refractivity contribution is 0.576. The second-order valence-electron chi connectivity index (χ2n) is 3.74. The number of benzene rings is 1. The Balaban J connectivity index is 2.79. The molecule has 0 aliphatic rings. The lowest BCUT2D eigenvalue weighted by Gasteiger charge is -2.09. The van der Waals surface area contributed by atoms with E-state index in [1.807, 2.05) is 20.0 Å². The Morgan fingerprint density at radius 2 is 2.00 bits per heavy atom. The van der Waals surface area contributed by atoms with Gasteiger partial charge in [-0.25, -0.2) is 13.1 Å². The smallest absolute Gasteiger partial charge is 0.241 e. The van der Waals surface area contributed by atoms with Crippen molar-refractivity contribution < 1.29 is 8.42 Å². The van der Waals surface area contributed by atoms with Gasteiger partial charge in [0.1, 0.15) is 0 Å². The van der Waals surface area contributed by atoms with Gasteiger partial charge in [-0.05, 0) is 54.5 Å². The lowest BCUT2D eigenvalue weighted by Crippen LogP contribution is -2.27.